The molecular weight excluding hydrogens is 246 g/mol. The molecule has 4 nitrogen and oxygen atoms in total. The number of hydrogen-bond donors (Lipinski definition) is 1. The zero-order chi connectivity index (χ0) is 13.0. The Morgan fingerprint density at radius 3 is 3.06 bits per heavy atom. The van der Waals surface area contributed by atoms with E-state index in [2.05, 4.69) is 22.0 Å². The van der Waals surface area contributed by atoms with Crippen LogP contribution < -0.4 is 10.1 Å². The van der Waals surface area contributed by atoms with Gasteiger partial charge in [-0.05, 0) is 37.3 Å². The second-order valence-electron chi connectivity index (χ2n) is 4.71. The first-order valence-corrected chi connectivity index (χ1v) is 7.82. The van der Waals surface area contributed by atoms with Crippen LogP contribution in [0.15, 0.2) is 6.20 Å². The van der Waals surface area contributed by atoms with E-state index >= 15 is 0 Å². The molecule has 2 unspecified atom stereocenters. The van der Waals surface area contributed by atoms with Crippen LogP contribution in [0.1, 0.15) is 31.5 Å². The molecule has 1 fully saturated rings. The first-order valence-electron chi connectivity index (χ1n) is 6.66. The smallest absolute Gasteiger partial charge is 0.161 e. The lowest BCUT2D eigenvalue weighted by atomic mass is 9.96. The molecule has 1 saturated heterocycles. The molecule has 102 valence electrons. The molecule has 0 radical (unpaired) electrons. The van der Waals surface area contributed by atoms with Crippen molar-refractivity contribution in [3.63, 3.8) is 0 Å². The quantitative estimate of drug-likeness (QED) is 0.860. The molecule has 1 aliphatic rings. The van der Waals surface area contributed by atoms with Crippen molar-refractivity contribution < 1.29 is 4.74 Å². The minimum atomic E-state index is 0.351. The average Bonchev–Trinajstić information content (AvgIpc) is 3.02. The van der Waals surface area contributed by atoms with Gasteiger partial charge in [-0.1, -0.05) is 6.92 Å². The maximum atomic E-state index is 5.48. The SMILES string of the molecule is CCCn1ncc(OC)c1C(NC)C1CCSC1. The average molecular weight is 269 g/mol. The van der Waals surface area contributed by atoms with Crippen molar-refractivity contribution in [2.24, 2.45) is 5.92 Å². The number of rotatable bonds is 6. The van der Waals surface area contributed by atoms with Crippen LogP contribution in [-0.4, -0.2) is 35.4 Å². The Morgan fingerprint density at radius 2 is 2.50 bits per heavy atom. The number of hydrogen-bond acceptors (Lipinski definition) is 4. The van der Waals surface area contributed by atoms with E-state index < -0.39 is 0 Å². The van der Waals surface area contributed by atoms with Crippen molar-refractivity contribution in [2.75, 3.05) is 25.7 Å². The molecule has 1 aromatic heterocycles. The standard InChI is InChI=1S/C13H23N3OS/c1-4-6-16-13(11(17-3)8-15-16)12(14-2)10-5-7-18-9-10/h8,10,12,14H,4-7,9H2,1-3H3. The number of methoxy groups -OCH3 is 1. The van der Waals surface area contributed by atoms with Crippen molar-refractivity contribution in [3.8, 4) is 5.75 Å². The zero-order valence-corrected chi connectivity index (χ0v) is 12.3. The van der Waals surface area contributed by atoms with Crippen LogP contribution >= 0.6 is 11.8 Å². The van der Waals surface area contributed by atoms with E-state index in [0.29, 0.717) is 12.0 Å². The summed E-state index contributed by atoms with van der Waals surface area (Å²) in [6.45, 7) is 3.13. The van der Waals surface area contributed by atoms with Crippen LogP contribution in [0.3, 0.4) is 0 Å². The molecular formula is C13H23N3OS. The predicted molar refractivity (Wildman–Crippen MR) is 76.3 cm³/mol. The summed E-state index contributed by atoms with van der Waals surface area (Å²) < 4.78 is 7.58. The third-order valence-corrected chi connectivity index (χ3v) is 4.73. The highest BCUT2D eigenvalue weighted by Gasteiger charge is 2.30. The lowest BCUT2D eigenvalue weighted by Crippen LogP contribution is -2.28. The van der Waals surface area contributed by atoms with Crippen LogP contribution in [-0.2, 0) is 6.54 Å². The Kier molecular flexibility index (Phi) is 4.95. The Bertz CT molecular complexity index is 374. The fourth-order valence-corrected chi connectivity index (χ4v) is 3.95. The van der Waals surface area contributed by atoms with Crippen LogP contribution in [0.25, 0.3) is 0 Å². The number of nitrogens with zero attached hydrogens (tertiary/aromatic N) is 2. The molecule has 0 amide bonds. The fraction of sp³-hybridized carbons (Fsp3) is 0.769. The maximum absolute atomic E-state index is 5.48. The van der Waals surface area contributed by atoms with E-state index in [0.717, 1.165) is 18.7 Å². The fourth-order valence-electron chi connectivity index (χ4n) is 2.65. The van der Waals surface area contributed by atoms with Gasteiger partial charge in [-0.25, -0.2) is 0 Å². The van der Waals surface area contributed by atoms with Gasteiger partial charge >= 0.3 is 0 Å². The molecule has 1 aromatic rings. The van der Waals surface area contributed by atoms with Crippen molar-refractivity contribution >= 4 is 11.8 Å². The number of thioether (sulfide) groups is 1. The lowest BCUT2D eigenvalue weighted by Gasteiger charge is -2.24. The molecule has 0 spiro atoms. The van der Waals surface area contributed by atoms with E-state index in [9.17, 15) is 0 Å². The van der Waals surface area contributed by atoms with Crippen LogP contribution in [0, 0.1) is 5.92 Å². The van der Waals surface area contributed by atoms with Gasteiger partial charge < -0.3 is 10.1 Å². The monoisotopic (exact) mass is 269 g/mol. The Balaban J connectivity index is 2.29. The van der Waals surface area contributed by atoms with Gasteiger partial charge in [-0.3, -0.25) is 4.68 Å². The topological polar surface area (TPSA) is 39.1 Å². The highest BCUT2D eigenvalue weighted by atomic mass is 32.2. The normalized spacial score (nSPS) is 21.2. The maximum Gasteiger partial charge on any atom is 0.161 e. The Hall–Kier alpha value is -0.680. The minimum Gasteiger partial charge on any atom is -0.493 e. The zero-order valence-electron chi connectivity index (χ0n) is 11.5. The summed E-state index contributed by atoms with van der Waals surface area (Å²) in [7, 11) is 3.77. The molecule has 18 heavy (non-hydrogen) atoms. The van der Waals surface area contributed by atoms with Gasteiger partial charge in [0.05, 0.1) is 25.0 Å². The number of ether oxygens (including phenoxy) is 1. The summed E-state index contributed by atoms with van der Waals surface area (Å²) in [5, 5.41) is 7.93. The van der Waals surface area contributed by atoms with Gasteiger partial charge in [0.25, 0.3) is 0 Å². The van der Waals surface area contributed by atoms with Crippen LogP contribution in [0.4, 0.5) is 0 Å². The molecule has 2 atom stereocenters. The van der Waals surface area contributed by atoms with E-state index in [-0.39, 0.29) is 0 Å². The van der Waals surface area contributed by atoms with Gasteiger partial charge in [-0.15, -0.1) is 0 Å². The molecule has 0 aliphatic carbocycles. The second kappa shape index (κ2) is 6.48. The van der Waals surface area contributed by atoms with Crippen molar-refractivity contribution in [1.82, 2.24) is 15.1 Å². The highest BCUT2D eigenvalue weighted by Crippen LogP contribution is 2.37. The largest absolute Gasteiger partial charge is 0.493 e. The number of aryl methyl sites for hydroxylation is 1. The van der Waals surface area contributed by atoms with Gasteiger partial charge in [0.1, 0.15) is 0 Å². The molecule has 2 rings (SSSR count). The lowest BCUT2D eigenvalue weighted by molar-refractivity contribution is 0.355. The van der Waals surface area contributed by atoms with E-state index in [1.165, 1.54) is 23.6 Å². The number of aromatic nitrogens is 2. The molecule has 5 heteroatoms. The highest BCUT2D eigenvalue weighted by molar-refractivity contribution is 7.99. The molecule has 1 N–H and O–H groups in total. The molecule has 0 bridgehead atoms. The van der Waals surface area contributed by atoms with Crippen molar-refractivity contribution in [2.45, 2.75) is 32.4 Å². The molecule has 0 aromatic carbocycles. The third-order valence-electron chi connectivity index (χ3n) is 3.54. The number of nitrogens with one attached hydrogen (secondary N) is 1. The van der Waals surface area contributed by atoms with Gasteiger partial charge in [0.15, 0.2) is 5.75 Å². The predicted octanol–water partition coefficient (Wildman–Crippen LogP) is 2.32. The minimum absolute atomic E-state index is 0.351. The summed E-state index contributed by atoms with van der Waals surface area (Å²) in [6, 6.07) is 0.351. The van der Waals surface area contributed by atoms with Crippen LogP contribution in [0.2, 0.25) is 0 Å². The van der Waals surface area contributed by atoms with Crippen LogP contribution in [0.5, 0.6) is 5.75 Å². The Labute approximate surface area is 113 Å². The van der Waals surface area contributed by atoms with Gasteiger partial charge in [0.2, 0.25) is 0 Å². The van der Waals surface area contributed by atoms with E-state index in [1.54, 1.807) is 7.11 Å². The summed E-state index contributed by atoms with van der Waals surface area (Å²) in [5.41, 5.74) is 1.22. The van der Waals surface area contributed by atoms with Gasteiger partial charge in [0, 0.05) is 6.54 Å². The van der Waals surface area contributed by atoms with E-state index in [1.807, 2.05) is 25.0 Å². The molecule has 1 aliphatic heterocycles. The Morgan fingerprint density at radius 1 is 1.67 bits per heavy atom. The molecule has 2 heterocycles. The summed E-state index contributed by atoms with van der Waals surface area (Å²) in [6.07, 6.45) is 4.21. The summed E-state index contributed by atoms with van der Waals surface area (Å²) in [4.78, 5) is 0. The first-order chi connectivity index (χ1) is 8.81. The van der Waals surface area contributed by atoms with Crippen molar-refractivity contribution in [1.29, 1.82) is 0 Å². The van der Waals surface area contributed by atoms with Crippen molar-refractivity contribution in [3.05, 3.63) is 11.9 Å². The third kappa shape index (κ3) is 2.67. The summed E-state index contributed by atoms with van der Waals surface area (Å²) >= 11 is 2.05. The molecule has 0 saturated carbocycles. The van der Waals surface area contributed by atoms with Gasteiger partial charge in [-0.2, -0.15) is 16.9 Å². The second-order valence-corrected chi connectivity index (χ2v) is 5.86. The first kappa shape index (κ1) is 13.7. The summed E-state index contributed by atoms with van der Waals surface area (Å²) in [5.74, 6) is 4.10. The van der Waals surface area contributed by atoms with E-state index in [4.69, 9.17) is 4.74 Å².